The molecule has 0 aliphatic rings. The van der Waals surface area contributed by atoms with Crippen LogP contribution >= 0.6 is 0 Å². The molecule has 1 heterocycles. The van der Waals surface area contributed by atoms with Crippen molar-refractivity contribution >= 4 is 11.5 Å². The second-order valence-electron chi connectivity index (χ2n) is 2.23. The number of hydrogen-bond donors (Lipinski definition) is 2. The maximum Gasteiger partial charge on any atom is 0.246 e. The highest BCUT2D eigenvalue weighted by molar-refractivity contribution is 5.57. The number of anilines is 1. The summed E-state index contributed by atoms with van der Waals surface area (Å²) in [5, 5.41) is 8.55. The number of allylic oxidation sites excluding steroid dienone is 1. The van der Waals surface area contributed by atoms with Gasteiger partial charge in [-0.3, -0.25) is 5.43 Å². The number of nitrogens with two attached hydrogens (primary N) is 1. The minimum absolute atomic E-state index is 0.135. The topological polar surface area (TPSA) is 87.9 Å². The first-order chi connectivity index (χ1) is 5.69. The maximum absolute atomic E-state index is 8.55. The van der Waals surface area contributed by atoms with Crippen LogP contribution in [-0.2, 0) is 0 Å². The first-order valence-electron chi connectivity index (χ1n) is 3.22. The Morgan fingerprint density at radius 2 is 2.50 bits per heavy atom. The lowest BCUT2D eigenvalue weighted by molar-refractivity contribution is 0.554. The number of rotatable bonds is 2. The van der Waals surface area contributed by atoms with Crippen molar-refractivity contribution in [1.29, 1.82) is 5.26 Å². The van der Waals surface area contributed by atoms with E-state index in [0.29, 0.717) is 11.5 Å². The van der Waals surface area contributed by atoms with E-state index >= 15 is 0 Å². The Bertz CT molecular complexity index is 347. The number of nitrogens with zero attached hydrogens (tertiary/aromatic N) is 2. The lowest BCUT2D eigenvalue weighted by Crippen LogP contribution is -2.06. The first kappa shape index (κ1) is 8.30. The van der Waals surface area contributed by atoms with Gasteiger partial charge in [0.1, 0.15) is 6.07 Å². The average Bonchev–Trinajstić information content (AvgIpc) is 2.46. The quantitative estimate of drug-likeness (QED) is 0.500. The van der Waals surface area contributed by atoms with E-state index in [1.165, 1.54) is 0 Å². The molecule has 0 aliphatic heterocycles. The second-order valence-corrected chi connectivity index (χ2v) is 2.23. The molecule has 0 spiro atoms. The molecule has 1 aromatic rings. The minimum Gasteiger partial charge on any atom is -0.418 e. The molecule has 0 saturated heterocycles. The molecule has 0 bridgehead atoms. The average molecular weight is 164 g/mol. The Balaban J connectivity index is 3.16. The largest absolute Gasteiger partial charge is 0.418 e. The van der Waals surface area contributed by atoms with Gasteiger partial charge < -0.3 is 4.42 Å². The summed E-state index contributed by atoms with van der Waals surface area (Å²) in [7, 11) is 0. The third-order valence-electron chi connectivity index (χ3n) is 1.23. The lowest BCUT2D eigenvalue weighted by Gasteiger charge is -1.90. The molecule has 3 N–H and O–H groups in total. The van der Waals surface area contributed by atoms with Gasteiger partial charge >= 0.3 is 0 Å². The van der Waals surface area contributed by atoms with Gasteiger partial charge in [-0.25, -0.2) is 5.84 Å². The van der Waals surface area contributed by atoms with Crippen molar-refractivity contribution in [1.82, 2.24) is 4.98 Å². The van der Waals surface area contributed by atoms with Gasteiger partial charge in [0.15, 0.2) is 0 Å². The van der Waals surface area contributed by atoms with Gasteiger partial charge in [0, 0.05) is 5.57 Å². The third-order valence-corrected chi connectivity index (χ3v) is 1.23. The predicted molar refractivity (Wildman–Crippen MR) is 43.7 cm³/mol. The van der Waals surface area contributed by atoms with Crippen molar-refractivity contribution in [3.05, 3.63) is 18.2 Å². The minimum atomic E-state index is 0.135. The molecule has 0 saturated carbocycles. The first-order valence-corrected chi connectivity index (χ1v) is 3.22. The molecule has 0 atom stereocenters. The summed E-state index contributed by atoms with van der Waals surface area (Å²) in [5.41, 5.74) is 3.01. The molecule has 0 fully saturated rings. The Hall–Kier alpha value is -1.80. The Kier molecular flexibility index (Phi) is 2.12. The fraction of sp³-hybridized carbons (Fsp3) is 0.143. The van der Waals surface area contributed by atoms with Crippen LogP contribution in [0.2, 0.25) is 0 Å². The van der Waals surface area contributed by atoms with Crippen LogP contribution < -0.4 is 11.3 Å². The number of nitrogen functional groups attached to an aromatic ring is 1. The standard InChI is InChI=1S/C7H8N4O/c1-4(2)6-10-5(3-8)7(11-9)12-6/h11H,1,9H2,2H3. The predicted octanol–water partition coefficient (Wildman–Crippen LogP) is 0.865. The number of aromatic nitrogens is 1. The summed E-state index contributed by atoms with van der Waals surface area (Å²) in [6.07, 6.45) is 0. The van der Waals surface area contributed by atoms with Crippen LogP contribution in [0.4, 0.5) is 5.88 Å². The Morgan fingerprint density at radius 3 is 2.83 bits per heavy atom. The highest BCUT2D eigenvalue weighted by Gasteiger charge is 2.11. The van der Waals surface area contributed by atoms with E-state index in [2.05, 4.69) is 17.0 Å². The zero-order valence-electron chi connectivity index (χ0n) is 6.59. The van der Waals surface area contributed by atoms with E-state index < -0.39 is 0 Å². The van der Waals surface area contributed by atoms with E-state index in [1.54, 1.807) is 6.92 Å². The molecule has 5 heteroatoms. The molecule has 1 rings (SSSR count). The van der Waals surface area contributed by atoms with Crippen molar-refractivity contribution in [3.8, 4) is 6.07 Å². The summed E-state index contributed by atoms with van der Waals surface area (Å²) in [5.74, 6) is 5.56. The van der Waals surface area contributed by atoms with Gasteiger partial charge in [0.2, 0.25) is 17.5 Å². The monoisotopic (exact) mass is 164 g/mol. The molecule has 5 nitrogen and oxygen atoms in total. The Morgan fingerprint density at radius 1 is 1.83 bits per heavy atom. The fourth-order valence-corrected chi connectivity index (χ4v) is 0.676. The molecule has 62 valence electrons. The van der Waals surface area contributed by atoms with Crippen molar-refractivity contribution in [3.63, 3.8) is 0 Å². The van der Waals surface area contributed by atoms with Crippen LogP contribution in [0.25, 0.3) is 5.57 Å². The third kappa shape index (κ3) is 1.28. The van der Waals surface area contributed by atoms with Crippen molar-refractivity contribution < 1.29 is 4.42 Å². The zero-order chi connectivity index (χ0) is 9.14. The van der Waals surface area contributed by atoms with E-state index in [1.807, 2.05) is 6.07 Å². The summed E-state index contributed by atoms with van der Waals surface area (Å²) in [6, 6.07) is 1.83. The molecular formula is C7H8N4O. The number of hydrogen-bond acceptors (Lipinski definition) is 5. The van der Waals surface area contributed by atoms with Crippen LogP contribution in [0.5, 0.6) is 0 Å². The number of hydrazine groups is 1. The number of oxazole rings is 1. The molecule has 0 amide bonds. The van der Waals surface area contributed by atoms with Gasteiger partial charge in [-0.15, -0.1) is 0 Å². The van der Waals surface area contributed by atoms with E-state index in [-0.39, 0.29) is 11.6 Å². The van der Waals surface area contributed by atoms with E-state index in [4.69, 9.17) is 15.5 Å². The zero-order valence-corrected chi connectivity index (χ0v) is 6.59. The fourth-order valence-electron chi connectivity index (χ4n) is 0.676. The van der Waals surface area contributed by atoms with Gasteiger partial charge in [0.05, 0.1) is 0 Å². The smallest absolute Gasteiger partial charge is 0.246 e. The summed E-state index contributed by atoms with van der Waals surface area (Å²) >= 11 is 0. The van der Waals surface area contributed by atoms with Gasteiger partial charge in [-0.2, -0.15) is 10.2 Å². The Labute approximate surface area is 69.5 Å². The molecule has 1 aromatic heterocycles. The van der Waals surface area contributed by atoms with E-state index in [9.17, 15) is 0 Å². The normalized spacial score (nSPS) is 9.08. The van der Waals surface area contributed by atoms with Crippen LogP contribution in [0.1, 0.15) is 18.5 Å². The van der Waals surface area contributed by atoms with Crippen LogP contribution in [0.15, 0.2) is 11.0 Å². The van der Waals surface area contributed by atoms with Crippen LogP contribution in [-0.4, -0.2) is 4.98 Å². The number of nitriles is 1. The highest BCUT2D eigenvalue weighted by atomic mass is 16.4. The maximum atomic E-state index is 8.55. The van der Waals surface area contributed by atoms with Crippen molar-refractivity contribution in [2.24, 2.45) is 5.84 Å². The molecule has 0 radical (unpaired) electrons. The highest BCUT2D eigenvalue weighted by Crippen LogP contribution is 2.19. The van der Waals surface area contributed by atoms with Gasteiger partial charge in [0.25, 0.3) is 0 Å². The summed E-state index contributed by atoms with van der Waals surface area (Å²) in [4.78, 5) is 3.83. The van der Waals surface area contributed by atoms with E-state index in [0.717, 1.165) is 0 Å². The van der Waals surface area contributed by atoms with Crippen molar-refractivity contribution in [2.75, 3.05) is 5.43 Å². The molecule has 0 unspecified atom stereocenters. The summed E-state index contributed by atoms with van der Waals surface area (Å²) < 4.78 is 5.05. The van der Waals surface area contributed by atoms with Crippen molar-refractivity contribution in [2.45, 2.75) is 6.92 Å². The SMILES string of the molecule is C=C(C)c1nc(C#N)c(NN)o1. The van der Waals surface area contributed by atoms with Crippen LogP contribution in [0, 0.1) is 11.3 Å². The molecule has 12 heavy (non-hydrogen) atoms. The second kappa shape index (κ2) is 3.07. The molecule has 0 aliphatic carbocycles. The lowest BCUT2D eigenvalue weighted by atomic mass is 10.3. The molecular weight excluding hydrogens is 156 g/mol. The van der Waals surface area contributed by atoms with Gasteiger partial charge in [-0.05, 0) is 6.92 Å². The summed E-state index contributed by atoms with van der Waals surface area (Å²) in [6.45, 7) is 5.34. The van der Waals surface area contributed by atoms with Crippen LogP contribution in [0.3, 0.4) is 0 Å². The number of nitrogens with one attached hydrogen (secondary N) is 1. The van der Waals surface area contributed by atoms with Gasteiger partial charge in [-0.1, -0.05) is 6.58 Å². The molecule has 0 aromatic carbocycles.